The summed E-state index contributed by atoms with van der Waals surface area (Å²) in [4.78, 5) is 4.58. The lowest BCUT2D eigenvalue weighted by atomic mass is 10.1. The summed E-state index contributed by atoms with van der Waals surface area (Å²) in [7, 11) is -3.85. The number of benzene rings is 3. The number of nitrogens with one attached hydrogen (secondary N) is 1. The molecule has 0 fully saturated rings. The highest BCUT2D eigenvalue weighted by Gasteiger charge is 2.28. The fourth-order valence-corrected chi connectivity index (χ4v) is 4.54. The van der Waals surface area contributed by atoms with Crippen molar-refractivity contribution in [1.29, 1.82) is 0 Å². The first kappa shape index (κ1) is 19.9. The standard InChI is InChI=1S/C24H22N2O3S/c1-17-9-8-11-19(15-17)16-25-23-24(30(27,28)20-12-4-3-5-13-20)26-22(29-23)21-14-7-6-10-18(21)2/h3-15,25H,16H2,1-2H3. The number of aryl methyl sites for hydroxylation is 2. The molecule has 152 valence electrons. The van der Waals surface area contributed by atoms with Crippen LogP contribution >= 0.6 is 0 Å². The maximum absolute atomic E-state index is 13.3. The fourth-order valence-electron chi connectivity index (χ4n) is 3.24. The highest BCUT2D eigenvalue weighted by Crippen LogP contribution is 2.33. The van der Waals surface area contributed by atoms with Crippen LogP contribution in [0.15, 0.2) is 93.2 Å². The zero-order valence-electron chi connectivity index (χ0n) is 16.8. The second kappa shape index (κ2) is 8.16. The van der Waals surface area contributed by atoms with E-state index in [9.17, 15) is 8.42 Å². The molecule has 0 atom stereocenters. The summed E-state index contributed by atoms with van der Waals surface area (Å²) in [6.45, 7) is 4.37. The van der Waals surface area contributed by atoms with E-state index in [1.54, 1.807) is 30.3 Å². The summed E-state index contributed by atoms with van der Waals surface area (Å²) in [5.41, 5.74) is 3.86. The van der Waals surface area contributed by atoms with Gasteiger partial charge in [-0.15, -0.1) is 0 Å². The molecular weight excluding hydrogens is 396 g/mol. The molecule has 4 aromatic rings. The summed E-state index contributed by atoms with van der Waals surface area (Å²) in [5, 5.41) is 3.02. The Morgan fingerprint density at radius 3 is 2.37 bits per heavy atom. The Morgan fingerprint density at radius 2 is 1.63 bits per heavy atom. The molecule has 0 aliphatic carbocycles. The number of hydrogen-bond acceptors (Lipinski definition) is 5. The second-order valence-electron chi connectivity index (χ2n) is 7.13. The molecule has 0 spiro atoms. The number of anilines is 1. The van der Waals surface area contributed by atoms with Crippen LogP contribution in [0.5, 0.6) is 0 Å². The van der Waals surface area contributed by atoms with Crippen molar-refractivity contribution < 1.29 is 12.8 Å². The minimum absolute atomic E-state index is 0.111. The van der Waals surface area contributed by atoms with Crippen molar-refractivity contribution in [2.24, 2.45) is 0 Å². The van der Waals surface area contributed by atoms with Crippen LogP contribution in [0.4, 0.5) is 5.88 Å². The molecular formula is C24H22N2O3S. The minimum atomic E-state index is -3.85. The van der Waals surface area contributed by atoms with E-state index < -0.39 is 9.84 Å². The van der Waals surface area contributed by atoms with Gasteiger partial charge in [0, 0.05) is 12.1 Å². The Hall–Kier alpha value is -3.38. The Morgan fingerprint density at radius 1 is 0.900 bits per heavy atom. The van der Waals surface area contributed by atoms with Crippen molar-refractivity contribution in [1.82, 2.24) is 4.98 Å². The van der Waals surface area contributed by atoms with Gasteiger partial charge in [0.25, 0.3) is 0 Å². The minimum Gasteiger partial charge on any atom is -0.419 e. The zero-order valence-corrected chi connectivity index (χ0v) is 17.6. The van der Waals surface area contributed by atoms with Gasteiger partial charge in [-0.25, -0.2) is 8.42 Å². The van der Waals surface area contributed by atoms with Gasteiger partial charge in [-0.05, 0) is 43.2 Å². The van der Waals surface area contributed by atoms with Gasteiger partial charge in [0.1, 0.15) is 0 Å². The Balaban J connectivity index is 1.78. The molecule has 1 heterocycles. The van der Waals surface area contributed by atoms with Gasteiger partial charge in [0.15, 0.2) is 0 Å². The lowest BCUT2D eigenvalue weighted by molar-refractivity contribution is 0.576. The normalized spacial score (nSPS) is 11.4. The van der Waals surface area contributed by atoms with Crippen LogP contribution < -0.4 is 5.32 Å². The summed E-state index contributed by atoms with van der Waals surface area (Å²) in [6, 6.07) is 23.9. The number of oxazole rings is 1. The van der Waals surface area contributed by atoms with E-state index in [-0.39, 0.29) is 21.7 Å². The Bertz CT molecular complexity index is 1280. The lowest BCUT2D eigenvalue weighted by Crippen LogP contribution is -2.07. The average molecular weight is 419 g/mol. The van der Waals surface area contributed by atoms with Gasteiger partial charge >= 0.3 is 0 Å². The fraction of sp³-hybridized carbons (Fsp3) is 0.125. The van der Waals surface area contributed by atoms with Gasteiger partial charge < -0.3 is 9.73 Å². The van der Waals surface area contributed by atoms with Gasteiger partial charge in [0.05, 0.1) is 4.90 Å². The molecule has 30 heavy (non-hydrogen) atoms. The van der Waals surface area contributed by atoms with Crippen molar-refractivity contribution in [3.8, 4) is 11.5 Å². The highest BCUT2D eigenvalue weighted by atomic mass is 32.2. The smallest absolute Gasteiger partial charge is 0.234 e. The average Bonchev–Trinajstić information content (AvgIpc) is 3.18. The van der Waals surface area contributed by atoms with Crippen LogP contribution in [0.1, 0.15) is 16.7 Å². The van der Waals surface area contributed by atoms with E-state index in [1.807, 2.05) is 62.4 Å². The van der Waals surface area contributed by atoms with Crippen LogP contribution in [0.25, 0.3) is 11.5 Å². The number of sulfone groups is 1. The second-order valence-corrected chi connectivity index (χ2v) is 8.99. The Labute approximate surface area is 176 Å². The molecule has 0 saturated heterocycles. The Kier molecular flexibility index (Phi) is 5.42. The number of hydrogen-bond donors (Lipinski definition) is 1. The van der Waals surface area contributed by atoms with Crippen LogP contribution in [-0.4, -0.2) is 13.4 Å². The van der Waals surface area contributed by atoms with Crippen LogP contribution in [0.3, 0.4) is 0 Å². The number of nitrogens with zero attached hydrogens (tertiary/aromatic N) is 1. The summed E-state index contributed by atoms with van der Waals surface area (Å²) in [6.07, 6.45) is 0. The van der Waals surface area contributed by atoms with Gasteiger partial charge in [0.2, 0.25) is 26.6 Å². The highest BCUT2D eigenvalue weighted by molar-refractivity contribution is 7.91. The molecule has 0 bridgehead atoms. The number of rotatable bonds is 6. The maximum Gasteiger partial charge on any atom is 0.234 e. The first-order chi connectivity index (χ1) is 14.4. The van der Waals surface area contributed by atoms with Crippen molar-refractivity contribution in [3.63, 3.8) is 0 Å². The van der Waals surface area contributed by atoms with Gasteiger partial charge in [-0.2, -0.15) is 4.98 Å². The molecule has 0 unspecified atom stereocenters. The van der Waals surface area contributed by atoms with Gasteiger partial charge in [-0.3, -0.25) is 0 Å². The third-order valence-corrected chi connectivity index (χ3v) is 6.49. The molecule has 3 aromatic carbocycles. The monoisotopic (exact) mass is 418 g/mol. The largest absolute Gasteiger partial charge is 0.419 e. The SMILES string of the molecule is Cc1cccc(CNc2oc(-c3ccccc3C)nc2S(=O)(=O)c2ccccc2)c1. The first-order valence-electron chi connectivity index (χ1n) is 9.61. The molecule has 5 nitrogen and oxygen atoms in total. The van der Waals surface area contributed by atoms with Crippen LogP contribution in [0.2, 0.25) is 0 Å². The molecule has 0 saturated carbocycles. The molecule has 1 N–H and O–H groups in total. The van der Waals surface area contributed by atoms with Crippen LogP contribution in [-0.2, 0) is 16.4 Å². The predicted octanol–water partition coefficient (Wildman–Crippen LogP) is 5.40. The summed E-state index contributed by atoms with van der Waals surface area (Å²) < 4.78 is 32.5. The van der Waals surface area contributed by atoms with E-state index in [4.69, 9.17) is 4.42 Å². The van der Waals surface area contributed by atoms with Crippen molar-refractivity contribution in [2.45, 2.75) is 30.3 Å². The quantitative estimate of drug-likeness (QED) is 0.454. The predicted molar refractivity (Wildman–Crippen MR) is 117 cm³/mol. The summed E-state index contributed by atoms with van der Waals surface area (Å²) >= 11 is 0. The zero-order chi connectivity index (χ0) is 21.1. The molecule has 0 amide bonds. The molecule has 0 radical (unpaired) electrons. The van der Waals surface area contributed by atoms with Crippen LogP contribution in [0, 0.1) is 13.8 Å². The lowest BCUT2D eigenvalue weighted by Gasteiger charge is -2.07. The third-order valence-electron chi connectivity index (χ3n) is 4.82. The summed E-state index contributed by atoms with van der Waals surface area (Å²) in [5.74, 6) is 0.410. The van der Waals surface area contributed by atoms with E-state index >= 15 is 0 Å². The molecule has 4 rings (SSSR count). The molecule has 1 aromatic heterocycles. The third kappa shape index (κ3) is 4.00. The first-order valence-corrected chi connectivity index (χ1v) is 11.1. The maximum atomic E-state index is 13.3. The molecule has 6 heteroatoms. The van der Waals surface area contributed by atoms with Crippen molar-refractivity contribution in [2.75, 3.05) is 5.32 Å². The van der Waals surface area contributed by atoms with E-state index in [1.165, 1.54) is 0 Å². The van der Waals surface area contributed by atoms with E-state index in [0.29, 0.717) is 6.54 Å². The topological polar surface area (TPSA) is 72.2 Å². The van der Waals surface area contributed by atoms with E-state index in [0.717, 1.165) is 22.3 Å². The van der Waals surface area contributed by atoms with E-state index in [2.05, 4.69) is 10.3 Å². The van der Waals surface area contributed by atoms with Crippen molar-refractivity contribution >= 4 is 15.7 Å². The van der Waals surface area contributed by atoms with Gasteiger partial charge in [-0.1, -0.05) is 66.2 Å². The molecule has 0 aliphatic heterocycles. The van der Waals surface area contributed by atoms with Crippen molar-refractivity contribution in [3.05, 3.63) is 95.6 Å². The number of aromatic nitrogens is 1. The molecule has 0 aliphatic rings.